The molecule has 0 radical (unpaired) electrons. The zero-order valence-corrected chi connectivity index (χ0v) is 25.8. The van der Waals surface area contributed by atoms with Gasteiger partial charge in [-0.15, -0.1) is 11.3 Å². The van der Waals surface area contributed by atoms with Crippen molar-refractivity contribution in [3.05, 3.63) is 52.7 Å². The number of aliphatic hydroxyl groups excluding tert-OH is 1. The molecule has 12 nitrogen and oxygen atoms in total. The highest BCUT2D eigenvalue weighted by Crippen LogP contribution is 2.31. The molecule has 1 aliphatic heterocycles. The van der Waals surface area contributed by atoms with E-state index < -0.39 is 32.2 Å². The first kappa shape index (κ1) is 31.0. The second kappa shape index (κ2) is 12.1. The van der Waals surface area contributed by atoms with Gasteiger partial charge in [-0.1, -0.05) is 18.1 Å². The number of amides is 1. The highest BCUT2D eigenvalue weighted by molar-refractivity contribution is 7.94. The van der Waals surface area contributed by atoms with Crippen molar-refractivity contribution in [1.82, 2.24) is 14.4 Å². The van der Waals surface area contributed by atoms with Gasteiger partial charge in [-0.3, -0.25) is 9.52 Å². The van der Waals surface area contributed by atoms with Crippen molar-refractivity contribution >= 4 is 43.0 Å². The summed E-state index contributed by atoms with van der Waals surface area (Å²) in [5.41, 5.74) is 0.915. The van der Waals surface area contributed by atoms with Crippen molar-refractivity contribution in [3.63, 3.8) is 0 Å². The van der Waals surface area contributed by atoms with Gasteiger partial charge in [-0.2, -0.15) is 4.31 Å². The van der Waals surface area contributed by atoms with Crippen molar-refractivity contribution in [1.29, 1.82) is 0 Å². The number of rotatable bonds is 9. The van der Waals surface area contributed by atoms with Crippen LogP contribution in [0.1, 0.15) is 30.9 Å². The van der Waals surface area contributed by atoms with E-state index in [0.29, 0.717) is 11.3 Å². The number of ether oxygens (including phenoxy) is 1. The summed E-state index contributed by atoms with van der Waals surface area (Å²) < 4.78 is 67.8. The van der Waals surface area contributed by atoms with Crippen molar-refractivity contribution in [3.8, 4) is 5.75 Å². The van der Waals surface area contributed by atoms with Crippen LogP contribution in [0.4, 0.5) is 5.69 Å². The number of hydrogen-bond donors (Lipinski definition) is 2. The third-order valence-corrected chi connectivity index (χ3v) is 11.8. The number of likely N-dealkylation sites (N-methyl/N-ethyl adjacent to an activating group) is 1. The van der Waals surface area contributed by atoms with E-state index in [1.54, 1.807) is 36.3 Å². The van der Waals surface area contributed by atoms with Gasteiger partial charge in [0.05, 0.1) is 25.6 Å². The third-order valence-electron chi connectivity index (χ3n) is 7.00. The van der Waals surface area contributed by atoms with Crippen molar-refractivity contribution in [2.24, 2.45) is 5.92 Å². The Balaban J connectivity index is 1.70. The van der Waals surface area contributed by atoms with Gasteiger partial charge in [-0.25, -0.2) is 16.8 Å². The molecule has 0 bridgehead atoms. The number of aromatic nitrogens is 1. The van der Waals surface area contributed by atoms with Crippen molar-refractivity contribution in [2.45, 2.75) is 55.4 Å². The number of aryl methyl sites for hydroxylation is 2. The second-order valence-electron chi connectivity index (χ2n) is 10.2. The van der Waals surface area contributed by atoms with E-state index in [4.69, 9.17) is 9.26 Å². The van der Waals surface area contributed by atoms with Gasteiger partial charge in [0, 0.05) is 30.8 Å². The highest BCUT2D eigenvalue weighted by Gasteiger charge is 2.35. The number of thiophene rings is 1. The van der Waals surface area contributed by atoms with E-state index >= 15 is 0 Å². The molecule has 15 heteroatoms. The molecule has 0 aliphatic carbocycles. The maximum atomic E-state index is 13.4. The average molecular weight is 627 g/mol. The van der Waals surface area contributed by atoms with Gasteiger partial charge >= 0.3 is 0 Å². The molecule has 1 aliphatic rings. The van der Waals surface area contributed by atoms with Crippen LogP contribution >= 0.6 is 11.3 Å². The molecule has 0 spiro atoms. The van der Waals surface area contributed by atoms with E-state index in [1.807, 2.05) is 6.92 Å². The number of anilines is 1. The van der Waals surface area contributed by atoms with E-state index in [0.717, 1.165) is 11.3 Å². The van der Waals surface area contributed by atoms with E-state index in [2.05, 4.69) is 9.88 Å². The van der Waals surface area contributed by atoms with E-state index in [9.17, 15) is 26.7 Å². The lowest BCUT2D eigenvalue weighted by molar-refractivity contribution is -0.134. The summed E-state index contributed by atoms with van der Waals surface area (Å²) in [6.07, 6.45) is -0.817. The number of benzene rings is 1. The molecule has 3 atom stereocenters. The summed E-state index contributed by atoms with van der Waals surface area (Å²) in [5, 5.41) is 15.3. The summed E-state index contributed by atoms with van der Waals surface area (Å²) >= 11 is 1.08. The van der Waals surface area contributed by atoms with Crippen molar-refractivity contribution < 1.29 is 36.0 Å². The number of fused-ring (bicyclic) bond motifs is 1. The number of nitrogens with zero attached hydrogens (tertiary/aromatic N) is 3. The SMILES string of the molecule is Cc1noc(C)c1S(=O)(=O)N(C)C[C@@H]1Oc2ccc(NS(=O)(=O)c3cccs3)cc2CC(=O)N([C@H](C)CO)C[C@@H]1C. The number of sulfonamides is 2. The van der Waals surface area contributed by atoms with Crippen LogP contribution in [-0.2, 0) is 31.3 Å². The predicted octanol–water partition coefficient (Wildman–Crippen LogP) is 2.62. The monoisotopic (exact) mass is 626 g/mol. The average Bonchev–Trinajstić information content (AvgIpc) is 3.58. The lowest BCUT2D eigenvalue weighted by atomic mass is 10.0. The molecular weight excluding hydrogens is 593 g/mol. The van der Waals surface area contributed by atoms with Crippen LogP contribution in [0.25, 0.3) is 0 Å². The molecule has 2 aromatic heterocycles. The zero-order chi connectivity index (χ0) is 30.1. The standard InChI is InChI=1S/C26H34N4O8S3/c1-16-13-30(17(2)15-31)24(32)12-20-11-21(28-40(33,34)25-7-6-10-39-25)8-9-22(20)37-23(16)14-29(5)41(35,36)26-18(3)27-38-19(26)4/h6-11,16-17,23,28,31H,12-15H2,1-5H3/t16-,17+,23-/m0/s1. The first-order chi connectivity index (χ1) is 19.2. The second-order valence-corrected chi connectivity index (χ2v) is 15.0. The summed E-state index contributed by atoms with van der Waals surface area (Å²) in [7, 11) is -6.37. The van der Waals surface area contributed by atoms with E-state index in [-0.39, 0.29) is 64.2 Å². The molecule has 41 heavy (non-hydrogen) atoms. The fraction of sp³-hybridized carbons (Fsp3) is 0.462. The summed E-state index contributed by atoms with van der Waals surface area (Å²) in [6, 6.07) is 7.27. The Morgan fingerprint density at radius 1 is 1.24 bits per heavy atom. The highest BCUT2D eigenvalue weighted by atomic mass is 32.2. The Labute approximate surface area is 244 Å². The minimum atomic E-state index is -3.98. The number of aliphatic hydroxyl groups is 1. The maximum absolute atomic E-state index is 13.4. The van der Waals surface area contributed by atoms with Gasteiger partial charge < -0.3 is 19.3 Å². The molecule has 4 rings (SSSR count). The predicted molar refractivity (Wildman–Crippen MR) is 153 cm³/mol. The number of carbonyl (C=O) groups excluding carboxylic acids is 1. The molecule has 3 aromatic rings. The number of carbonyl (C=O) groups is 1. The fourth-order valence-electron chi connectivity index (χ4n) is 4.68. The molecule has 0 saturated heterocycles. The third kappa shape index (κ3) is 6.59. The van der Waals surface area contributed by atoms with Gasteiger partial charge in [0.15, 0.2) is 5.76 Å². The molecule has 1 amide bonds. The van der Waals surface area contributed by atoms with Gasteiger partial charge in [0.25, 0.3) is 10.0 Å². The first-order valence-corrected chi connectivity index (χ1v) is 16.7. The number of hydrogen-bond acceptors (Lipinski definition) is 10. The summed E-state index contributed by atoms with van der Waals surface area (Å²) in [6.45, 7) is 6.53. The molecule has 0 saturated carbocycles. The molecule has 1 aromatic carbocycles. The topological polar surface area (TPSA) is 159 Å². The Bertz CT molecular complexity index is 1580. The molecule has 3 heterocycles. The van der Waals surface area contributed by atoms with Crippen LogP contribution in [0, 0.1) is 19.8 Å². The zero-order valence-electron chi connectivity index (χ0n) is 23.4. The number of nitrogens with one attached hydrogen (secondary N) is 1. The summed E-state index contributed by atoms with van der Waals surface area (Å²) in [4.78, 5) is 15.0. The van der Waals surface area contributed by atoms with Crippen molar-refractivity contribution in [2.75, 3.05) is 31.5 Å². The Morgan fingerprint density at radius 2 is 1.98 bits per heavy atom. The normalized spacial score (nSPS) is 19.2. The van der Waals surface area contributed by atoms with Gasteiger partial charge in [0.1, 0.15) is 26.7 Å². The van der Waals surface area contributed by atoms with Crippen LogP contribution in [0.15, 0.2) is 49.3 Å². The van der Waals surface area contributed by atoms with Gasteiger partial charge in [-0.05, 0) is 50.4 Å². The quantitative estimate of drug-likeness (QED) is 0.364. The minimum Gasteiger partial charge on any atom is -0.488 e. The Hall–Kier alpha value is -2.98. The maximum Gasteiger partial charge on any atom is 0.271 e. The Morgan fingerprint density at radius 3 is 2.59 bits per heavy atom. The largest absolute Gasteiger partial charge is 0.488 e. The fourth-order valence-corrected chi connectivity index (χ4v) is 8.19. The van der Waals surface area contributed by atoms with Gasteiger partial charge in [0.2, 0.25) is 15.9 Å². The molecule has 224 valence electrons. The van der Waals surface area contributed by atoms with Crippen LogP contribution in [0.5, 0.6) is 5.75 Å². The lowest BCUT2D eigenvalue weighted by Crippen LogP contribution is -2.48. The first-order valence-electron chi connectivity index (χ1n) is 12.9. The van der Waals surface area contributed by atoms with Crippen LogP contribution < -0.4 is 9.46 Å². The minimum absolute atomic E-state index is 0.00973. The molecule has 0 unspecified atom stereocenters. The summed E-state index contributed by atoms with van der Waals surface area (Å²) in [5.74, 6) is -0.123. The smallest absolute Gasteiger partial charge is 0.271 e. The molecule has 0 fully saturated rings. The van der Waals surface area contributed by atoms with E-state index in [1.165, 1.54) is 36.5 Å². The molecule has 2 N–H and O–H groups in total. The Kier molecular flexibility index (Phi) is 9.13. The van der Waals surface area contributed by atoms with Crippen LogP contribution in [0.2, 0.25) is 0 Å². The van der Waals surface area contributed by atoms with Crippen LogP contribution in [-0.4, -0.2) is 81.1 Å². The van der Waals surface area contributed by atoms with Crippen LogP contribution in [0.3, 0.4) is 0 Å². The molecular formula is C26H34N4O8S3. The lowest BCUT2D eigenvalue weighted by Gasteiger charge is -2.33.